The van der Waals surface area contributed by atoms with Gasteiger partial charge in [0.1, 0.15) is 11.4 Å². The first-order valence-electron chi connectivity index (χ1n) is 10.0. The summed E-state index contributed by atoms with van der Waals surface area (Å²) < 4.78 is 33.5. The van der Waals surface area contributed by atoms with Crippen molar-refractivity contribution >= 4 is 21.6 Å². The van der Waals surface area contributed by atoms with Crippen molar-refractivity contribution in [2.75, 3.05) is 4.72 Å². The van der Waals surface area contributed by atoms with E-state index in [0.717, 1.165) is 11.3 Å². The number of benzene rings is 3. The summed E-state index contributed by atoms with van der Waals surface area (Å²) >= 11 is 0. The van der Waals surface area contributed by atoms with Crippen molar-refractivity contribution in [2.45, 2.75) is 36.8 Å². The predicted molar refractivity (Wildman–Crippen MR) is 120 cm³/mol. The predicted octanol–water partition coefficient (Wildman–Crippen LogP) is 4.52. The van der Waals surface area contributed by atoms with E-state index in [1.807, 2.05) is 38.1 Å². The molecule has 0 spiro atoms. The fourth-order valence-electron chi connectivity index (χ4n) is 3.68. The van der Waals surface area contributed by atoms with Gasteiger partial charge in [-0.25, -0.2) is 8.42 Å². The van der Waals surface area contributed by atoms with Crippen LogP contribution in [0.5, 0.6) is 5.75 Å². The van der Waals surface area contributed by atoms with Gasteiger partial charge in [0, 0.05) is 23.2 Å². The third-order valence-corrected chi connectivity index (χ3v) is 6.53. The zero-order valence-electron chi connectivity index (χ0n) is 17.3. The Hall–Kier alpha value is -3.32. The summed E-state index contributed by atoms with van der Waals surface area (Å²) in [4.78, 5) is 13.0. The number of carbonyl (C=O) groups is 1. The molecule has 1 atom stereocenters. The van der Waals surface area contributed by atoms with Gasteiger partial charge >= 0.3 is 0 Å². The highest BCUT2D eigenvalue weighted by Crippen LogP contribution is 2.39. The monoisotopic (exact) mass is 436 g/mol. The summed E-state index contributed by atoms with van der Waals surface area (Å²) in [6.07, 6.45) is 0.644. The van der Waals surface area contributed by atoms with Crippen LogP contribution in [0.25, 0.3) is 0 Å². The van der Waals surface area contributed by atoms with Gasteiger partial charge in [-0.05, 0) is 56.3 Å². The number of para-hydroxylation sites is 1. The molecule has 0 unspecified atom stereocenters. The van der Waals surface area contributed by atoms with E-state index in [1.165, 1.54) is 12.1 Å². The number of rotatable bonds is 5. The summed E-state index contributed by atoms with van der Waals surface area (Å²) in [5, 5.41) is 3.08. The highest BCUT2D eigenvalue weighted by atomic mass is 32.2. The van der Waals surface area contributed by atoms with Crippen LogP contribution < -0.4 is 14.8 Å². The maximum atomic E-state index is 12.9. The largest absolute Gasteiger partial charge is 0.487 e. The minimum atomic E-state index is -3.68. The molecule has 4 rings (SSSR count). The first-order valence-corrected chi connectivity index (χ1v) is 11.5. The molecule has 0 saturated heterocycles. The second kappa shape index (κ2) is 8.07. The van der Waals surface area contributed by atoms with Crippen LogP contribution in [0.4, 0.5) is 5.69 Å². The fraction of sp³-hybridized carbons (Fsp3) is 0.208. The highest BCUT2D eigenvalue weighted by Gasteiger charge is 2.34. The molecule has 0 fully saturated rings. The Bertz CT molecular complexity index is 1190. The first kappa shape index (κ1) is 20.9. The lowest BCUT2D eigenvalue weighted by Gasteiger charge is -2.37. The average molecular weight is 437 g/mol. The third kappa shape index (κ3) is 4.72. The molecule has 1 aliphatic rings. The average Bonchev–Trinajstić information content (AvgIpc) is 2.74. The van der Waals surface area contributed by atoms with E-state index < -0.39 is 15.6 Å². The van der Waals surface area contributed by atoms with Crippen molar-refractivity contribution in [2.24, 2.45) is 0 Å². The van der Waals surface area contributed by atoms with Gasteiger partial charge in [0.25, 0.3) is 15.9 Å². The number of nitrogens with one attached hydrogen (secondary N) is 2. The van der Waals surface area contributed by atoms with Gasteiger partial charge in [-0.15, -0.1) is 0 Å². The molecular formula is C24H24N2O4S. The molecule has 0 saturated carbocycles. The maximum Gasteiger partial charge on any atom is 0.261 e. The van der Waals surface area contributed by atoms with Crippen LogP contribution >= 0.6 is 0 Å². The van der Waals surface area contributed by atoms with Gasteiger partial charge in [-0.2, -0.15) is 0 Å². The van der Waals surface area contributed by atoms with Crippen molar-refractivity contribution in [1.82, 2.24) is 5.32 Å². The molecule has 6 nitrogen and oxygen atoms in total. The quantitative estimate of drug-likeness (QED) is 0.616. The van der Waals surface area contributed by atoms with Crippen LogP contribution in [0.3, 0.4) is 0 Å². The van der Waals surface area contributed by atoms with Crippen LogP contribution in [0, 0.1) is 0 Å². The molecule has 3 aromatic rings. The highest BCUT2D eigenvalue weighted by molar-refractivity contribution is 7.92. The molecule has 0 radical (unpaired) electrons. The Kier molecular flexibility index (Phi) is 5.45. The van der Waals surface area contributed by atoms with Crippen LogP contribution in [0.2, 0.25) is 0 Å². The zero-order chi connectivity index (χ0) is 22.1. The zero-order valence-corrected chi connectivity index (χ0v) is 18.1. The SMILES string of the molecule is CC1(C)C[C@H](NC(=O)c2ccc(NS(=O)(=O)c3ccccc3)cc2)c2ccccc2O1. The van der Waals surface area contributed by atoms with Crippen LogP contribution in [-0.4, -0.2) is 19.9 Å². The maximum absolute atomic E-state index is 12.9. The molecule has 31 heavy (non-hydrogen) atoms. The Morgan fingerprint density at radius 2 is 1.58 bits per heavy atom. The molecule has 0 bridgehead atoms. The summed E-state index contributed by atoms with van der Waals surface area (Å²) in [6, 6.07) is 22.0. The molecule has 0 aromatic heterocycles. The van der Waals surface area contributed by atoms with Crippen LogP contribution in [0.1, 0.15) is 42.2 Å². The molecule has 1 aliphatic heterocycles. The van der Waals surface area contributed by atoms with Gasteiger partial charge < -0.3 is 10.1 Å². The van der Waals surface area contributed by atoms with E-state index in [9.17, 15) is 13.2 Å². The smallest absolute Gasteiger partial charge is 0.261 e. The molecular weight excluding hydrogens is 412 g/mol. The van der Waals surface area contributed by atoms with Gasteiger partial charge in [-0.1, -0.05) is 36.4 Å². The Morgan fingerprint density at radius 1 is 0.935 bits per heavy atom. The van der Waals surface area contributed by atoms with Crippen molar-refractivity contribution in [3.8, 4) is 5.75 Å². The van der Waals surface area contributed by atoms with E-state index in [1.54, 1.807) is 42.5 Å². The number of sulfonamides is 1. The molecule has 3 aromatic carbocycles. The van der Waals surface area contributed by atoms with Crippen molar-refractivity contribution < 1.29 is 17.9 Å². The van der Waals surface area contributed by atoms with E-state index in [2.05, 4.69) is 10.0 Å². The van der Waals surface area contributed by atoms with E-state index >= 15 is 0 Å². The van der Waals surface area contributed by atoms with Crippen molar-refractivity contribution in [3.05, 3.63) is 90.0 Å². The Balaban J connectivity index is 1.48. The van der Waals surface area contributed by atoms with Crippen LogP contribution in [0.15, 0.2) is 83.8 Å². The second-order valence-corrected chi connectivity index (χ2v) is 9.81. The number of ether oxygens (including phenoxy) is 1. The number of amides is 1. The number of hydrogen-bond donors (Lipinski definition) is 2. The summed E-state index contributed by atoms with van der Waals surface area (Å²) in [5.41, 5.74) is 1.39. The van der Waals surface area contributed by atoms with Crippen LogP contribution in [-0.2, 0) is 10.0 Å². The molecule has 0 aliphatic carbocycles. The summed E-state index contributed by atoms with van der Waals surface area (Å²) in [7, 11) is -3.68. The van der Waals surface area contributed by atoms with E-state index in [-0.39, 0.29) is 16.8 Å². The lowest BCUT2D eigenvalue weighted by Crippen LogP contribution is -2.41. The van der Waals surface area contributed by atoms with Gasteiger partial charge in [0.15, 0.2) is 0 Å². The minimum Gasteiger partial charge on any atom is -0.487 e. The molecule has 160 valence electrons. The normalized spacial score (nSPS) is 17.2. The second-order valence-electron chi connectivity index (χ2n) is 8.13. The van der Waals surface area contributed by atoms with Crippen molar-refractivity contribution in [3.63, 3.8) is 0 Å². The molecule has 2 N–H and O–H groups in total. The van der Waals surface area contributed by atoms with Crippen molar-refractivity contribution in [1.29, 1.82) is 0 Å². The molecule has 7 heteroatoms. The standard InChI is InChI=1S/C24H24N2O4S/c1-24(2)16-21(20-10-6-7-11-22(20)30-24)25-23(27)17-12-14-18(15-13-17)26-31(28,29)19-8-4-3-5-9-19/h3-15,21,26H,16H2,1-2H3,(H,25,27)/t21-/m0/s1. The number of fused-ring (bicyclic) bond motifs is 1. The van der Waals surface area contributed by atoms with Gasteiger partial charge in [0.05, 0.1) is 10.9 Å². The summed E-state index contributed by atoms with van der Waals surface area (Å²) in [6.45, 7) is 3.99. The molecule has 1 amide bonds. The van der Waals surface area contributed by atoms with E-state index in [0.29, 0.717) is 17.7 Å². The lowest BCUT2D eigenvalue weighted by atomic mass is 9.89. The Morgan fingerprint density at radius 3 is 2.29 bits per heavy atom. The molecule has 1 heterocycles. The first-order chi connectivity index (χ1) is 14.7. The Labute approximate surface area is 182 Å². The van der Waals surface area contributed by atoms with Gasteiger partial charge in [-0.3, -0.25) is 9.52 Å². The summed E-state index contributed by atoms with van der Waals surface area (Å²) in [5.74, 6) is 0.546. The fourth-order valence-corrected chi connectivity index (χ4v) is 4.76. The number of hydrogen-bond acceptors (Lipinski definition) is 4. The lowest BCUT2D eigenvalue weighted by molar-refractivity contribution is 0.0619. The topological polar surface area (TPSA) is 84.5 Å². The third-order valence-electron chi connectivity index (χ3n) is 5.13. The number of anilines is 1. The minimum absolute atomic E-state index is 0.177. The van der Waals surface area contributed by atoms with E-state index in [4.69, 9.17) is 4.74 Å². The number of carbonyl (C=O) groups excluding carboxylic acids is 1. The van der Waals surface area contributed by atoms with Gasteiger partial charge in [0.2, 0.25) is 0 Å².